The van der Waals surface area contributed by atoms with Crippen LogP contribution in [0.1, 0.15) is 23.6 Å². The molecule has 1 N–H and O–H groups in total. The van der Waals surface area contributed by atoms with E-state index in [1.54, 1.807) is 18.2 Å². The molecule has 0 aliphatic carbocycles. The Morgan fingerprint density at radius 1 is 1.00 bits per heavy atom. The van der Waals surface area contributed by atoms with Crippen molar-refractivity contribution in [2.75, 3.05) is 17.9 Å². The van der Waals surface area contributed by atoms with E-state index in [1.165, 1.54) is 43.1 Å². The first kappa shape index (κ1) is 30.0. The topological polar surface area (TPSA) is 86.8 Å². The highest BCUT2D eigenvalue weighted by Gasteiger charge is 2.36. The van der Waals surface area contributed by atoms with E-state index in [2.05, 4.69) is 5.32 Å². The van der Waals surface area contributed by atoms with Crippen LogP contribution in [0.2, 0.25) is 5.02 Å². The maximum atomic E-state index is 13.7. The summed E-state index contributed by atoms with van der Waals surface area (Å²) in [6.07, 6.45) is -4.87. The van der Waals surface area contributed by atoms with E-state index < -0.39 is 56.9 Å². The Bertz CT molecular complexity index is 1450. The standard InChI is InChI=1S/C27H27ClF3N3O4S/c1-18-8-7-9-20(14-18)16-33(19(2)26(36)32-3)25(35)17-34(39(37,38)22-10-5-4-6-11-22)21-12-13-24(28)23(15-21)27(29,30)31/h4-15,19H,16-17H2,1-3H3,(H,32,36)/t19-/m1/s1. The highest BCUT2D eigenvalue weighted by molar-refractivity contribution is 7.92. The molecular formula is C27H27ClF3N3O4S. The summed E-state index contributed by atoms with van der Waals surface area (Å²) in [5.74, 6) is -1.30. The quantitative estimate of drug-likeness (QED) is 0.384. The minimum atomic E-state index is -4.87. The number of halogens is 4. The maximum Gasteiger partial charge on any atom is 0.417 e. The normalized spacial score (nSPS) is 12.5. The van der Waals surface area contributed by atoms with Crippen LogP contribution in [0, 0.1) is 6.92 Å². The Balaban J connectivity index is 2.11. The third-order valence-electron chi connectivity index (χ3n) is 6.00. The second kappa shape index (κ2) is 12.1. The fraction of sp³-hybridized carbons (Fsp3) is 0.259. The zero-order chi connectivity index (χ0) is 29.0. The lowest BCUT2D eigenvalue weighted by Gasteiger charge is -2.32. The summed E-state index contributed by atoms with van der Waals surface area (Å²) in [4.78, 5) is 27.2. The summed E-state index contributed by atoms with van der Waals surface area (Å²) in [5, 5.41) is 1.84. The van der Waals surface area contributed by atoms with Gasteiger partial charge in [0, 0.05) is 13.6 Å². The van der Waals surface area contributed by atoms with Gasteiger partial charge in [0.2, 0.25) is 11.8 Å². The summed E-state index contributed by atoms with van der Waals surface area (Å²) in [6, 6.07) is 15.8. The van der Waals surface area contributed by atoms with Gasteiger partial charge in [-0.3, -0.25) is 13.9 Å². The first-order chi connectivity index (χ1) is 18.3. The summed E-state index contributed by atoms with van der Waals surface area (Å²) < 4.78 is 68.8. The smallest absolute Gasteiger partial charge is 0.357 e. The number of rotatable bonds is 9. The Morgan fingerprint density at radius 3 is 2.26 bits per heavy atom. The van der Waals surface area contributed by atoms with E-state index in [9.17, 15) is 31.2 Å². The van der Waals surface area contributed by atoms with Crippen molar-refractivity contribution in [2.45, 2.75) is 37.5 Å². The van der Waals surface area contributed by atoms with Crippen molar-refractivity contribution in [1.29, 1.82) is 0 Å². The van der Waals surface area contributed by atoms with Gasteiger partial charge in [0.15, 0.2) is 0 Å². The Hall–Kier alpha value is -3.57. The van der Waals surface area contributed by atoms with Crippen molar-refractivity contribution in [3.63, 3.8) is 0 Å². The number of likely N-dealkylation sites (N-methyl/N-ethyl adjacent to an activating group) is 1. The van der Waals surface area contributed by atoms with E-state index in [-0.39, 0.29) is 11.4 Å². The van der Waals surface area contributed by atoms with Crippen molar-refractivity contribution in [1.82, 2.24) is 10.2 Å². The molecule has 3 aromatic carbocycles. The second-order valence-corrected chi connectivity index (χ2v) is 11.1. The summed E-state index contributed by atoms with van der Waals surface area (Å²) in [5.41, 5.74) is -0.0752. The number of carbonyl (C=O) groups excluding carboxylic acids is 2. The first-order valence-electron chi connectivity index (χ1n) is 11.8. The molecular weight excluding hydrogens is 555 g/mol. The van der Waals surface area contributed by atoms with Crippen LogP contribution in [0.15, 0.2) is 77.7 Å². The molecule has 0 aliphatic heterocycles. The molecule has 3 rings (SSSR count). The van der Waals surface area contributed by atoms with Crippen molar-refractivity contribution < 1.29 is 31.2 Å². The molecule has 0 fully saturated rings. The molecule has 12 heteroatoms. The van der Waals surface area contributed by atoms with Gasteiger partial charge in [-0.15, -0.1) is 0 Å². The van der Waals surface area contributed by atoms with Crippen molar-refractivity contribution >= 4 is 39.1 Å². The van der Waals surface area contributed by atoms with Gasteiger partial charge in [-0.05, 0) is 49.7 Å². The highest BCUT2D eigenvalue weighted by Crippen LogP contribution is 2.38. The fourth-order valence-electron chi connectivity index (χ4n) is 3.93. The number of hydrogen-bond acceptors (Lipinski definition) is 4. The lowest BCUT2D eigenvalue weighted by atomic mass is 10.1. The molecule has 0 saturated carbocycles. The monoisotopic (exact) mass is 581 g/mol. The molecule has 7 nitrogen and oxygen atoms in total. The van der Waals surface area contributed by atoms with Crippen LogP contribution in [0.25, 0.3) is 0 Å². The molecule has 0 bridgehead atoms. The molecule has 0 saturated heterocycles. The average Bonchev–Trinajstić information content (AvgIpc) is 2.89. The SMILES string of the molecule is CNC(=O)[C@@H](C)N(Cc1cccc(C)c1)C(=O)CN(c1ccc(Cl)c(C(F)(F)F)c1)S(=O)(=O)c1ccccc1. The highest BCUT2D eigenvalue weighted by atomic mass is 35.5. The third-order valence-corrected chi connectivity index (χ3v) is 8.12. The van der Waals surface area contributed by atoms with Crippen LogP contribution in [-0.2, 0) is 32.3 Å². The first-order valence-corrected chi connectivity index (χ1v) is 13.6. The van der Waals surface area contributed by atoms with E-state index in [0.717, 1.165) is 17.7 Å². The van der Waals surface area contributed by atoms with Crippen molar-refractivity contribution in [2.24, 2.45) is 0 Å². The number of nitrogens with zero attached hydrogens (tertiary/aromatic N) is 2. The molecule has 0 aliphatic rings. The van der Waals surface area contributed by atoms with Gasteiger partial charge in [-0.2, -0.15) is 13.2 Å². The average molecular weight is 582 g/mol. The molecule has 0 radical (unpaired) electrons. The lowest BCUT2D eigenvalue weighted by Crippen LogP contribution is -2.50. The predicted molar refractivity (Wildman–Crippen MR) is 143 cm³/mol. The van der Waals surface area contributed by atoms with Gasteiger partial charge < -0.3 is 10.2 Å². The van der Waals surface area contributed by atoms with Crippen LogP contribution in [-0.4, -0.2) is 44.8 Å². The molecule has 0 aromatic heterocycles. The van der Waals surface area contributed by atoms with Gasteiger partial charge in [-0.25, -0.2) is 8.42 Å². The third kappa shape index (κ3) is 7.10. The second-order valence-electron chi connectivity index (χ2n) is 8.79. The molecule has 3 aromatic rings. The molecule has 0 unspecified atom stereocenters. The van der Waals surface area contributed by atoms with Crippen LogP contribution in [0.5, 0.6) is 0 Å². The molecule has 2 amide bonds. The fourth-order valence-corrected chi connectivity index (χ4v) is 5.58. The minimum Gasteiger partial charge on any atom is -0.357 e. The zero-order valence-corrected chi connectivity index (χ0v) is 22.9. The lowest BCUT2D eigenvalue weighted by molar-refractivity contribution is -0.139. The summed E-state index contributed by atoms with van der Waals surface area (Å²) in [6.45, 7) is 2.42. The molecule has 208 valence electrons. The summed E-state index contributed by atoms with van der Waals surface area (Å²) >= 11 is 5.76. The number of anilines is 1. The van der Waals surface area contributed by atoms with E-state index in [1.807, 2.05) is 19.1 Å². The van der Waals surface area contributed by atoms with Crippen LogP contribution in [0.4, 0.5) is 18.9 Å². The van der Waals surface area contributed by atoms with Gasteiger partial charge in [-0.1, -0.05) is 59.6 Å². The molecule has 0 heterocycles. The van der Waals surface area contributed by atoms with Gasteiger partial charge in [0.05, 0.1) is 21.2 Å². The largest absolute Gasteiger partial charge is 0.417 e. The number of benzene rings is 3. The van der Waals surface area contributed by atoms with Gasteiger partial charge in [0.1, 0.15) is 12.6 Å². The predicted octanol–water partition coefficient (Wildman–Crippen LogP) is 5.03. The van der Waals surface area contributed by atoms with Crippen molar-refractivity contribution in [3.05, 3.63) is 94.5 Å². The van der Waals surface area contributed by atoms with E-state index in [4.69, 9.17) is 11.6 Å². The number of hydrogen-bond donors (Lipinski definition) is 1. The molecule has 1 atom stereocenters. The number of alkyl halides is 3. The number of aryl methyl sites for hydroxylation is 1. The van der Waals surface area contributed by atoms with Gasteiger partial charge in [0.25, 0.3) is 10.0 Å². The van der Waals surface area contributed by atoms with Crippen LogP contribution >= 0.6 is 11.6 Å². The Morgan fingerprint density at radius 2 is 1.67 bits per heavy atom. The van der Waals surface area contributed by atoms with E-state index >= 15 is 0 Å². The number of sulfonamides is 1. The number of carbonyl (C=O) groups is 2. The van der Waals surface area contributed by atoms with Crippen LogP contribution < -0.4 is 9.62 Å². The Kier molecular flexibility index (Phi) is 9.29. The van der Waals surface area contributed by atoms with Crippen LogP contribution in [0.3, 0.4) is 0 Å². The van der Waals surface area contributed by atoms with Gasteiger partial charge >= 0.3 is 6.18 Å². The number of nitrogens with one attached hydrogen (secondary N) is 1. The summed E-state index contributed by atoms with van der Waals surface area (Å²) in [7, 11) is -3.12. The minimum absolute atomic E-state index is 0.0389. The van der Waals surface area contributed by atoms with E-state index in [0.29, 0.717) is 15.9 Å². The Labute approximate surface area is 230 Å². The number of amides is 2. The maximum absolute atomic E-state index is 13.7. The molecule has 39 heavy (non-hydrogen) atoms. The molecule has 0 spiro atoms. The zero-order valence-electron chi connectivity index (χ0n) is 21.4. The van der Waals surface area contributed by atoms with Crippen molar-refractivity contribution in [3.8, 4) is 0 Å².